The summed E-state index contributed by atoms with van der Waals surface area (Å²) >= 11 is 0. The molecule has 0 saturated carbocycles. The summed E-state index contributed by atoms with van der Waals surface area (Å²) in [6, 6.07) is 8.23. The Morgan fingerprint density at radius 3 is 2.72 bits per heavy atom. The van der Waals surface area contributed by atoms with Crippen molar-refractivity contribution in [2.24, 2.45) is 0 Å². The lowest BCUT2D eigenvalue weighted by Gasteiger charge is -2.32. The third kappa shape index (κ3) is 3.60. The molecule has 2 aromatic rings. The van der Waals surface area contributed by atoms with E-state index >= 15 is 0 Å². The van der Waals surface area contributed by atoms with Crippen LogP contribution in [-0.4, -0.2) is 58.3 Å². The van der Waals surface area contributed by atoms with Gasteiger partial charge in [0, 0.05) is 56.2 Å². The number of hydrogen-bond acceptors (Lipinski definition) is 4. The molecule has 2 aromatic heterocycles. The molecule has 25 heavy (non-hydrogen) atoms. The Hall–Kier alpha value is -2.57. The van der Waals surface area contributed by atoms with Crippen LogP contribution in [0.2, 0.25) is 0 Å². The van der Waals surface area contributed by atoms with Gasteiger partial charge in [-0.1, -0.05) is 6.07 Å². The number of carbonyl (C=O) groups excluding carboxylic acids is 1. The lowest BCUT2D eigenvalue weighted by Crippen LogP contribution is -2.48. The van der Waals surface area contributed by atoms with Crippen molar-refractivity contribution in [2.75, 3.05) is 31.1 Å². The molecule has 4 rings (SSSR count). The molecule has 2 aliphatic rings. The number of carbonyl (C=O) groups is 1. The topological polar surface area (TPSA) is 77.2 Å². The fraction of sp³-hybridized carbons (Fsp3) is 0.500. The summed E-state index contributed by atoms with van der Waals surface area (Å²) < 4.78 is 0. The number of pyridine rings is 1. The van der Waals surface area contributed by atoms with Crippen LogP contribution < -0.4 is 10.2 Å². The summed E-state index contributed by atoms with van der Waals surface area (Å²) in [5.41, 5.74) is 1.18. The van der Waals surface area contributed by atoms with Gasteiger partial charge in [-0.25, -0.2) is 9.78 Å². The summed E-state index contributed by atoms with van der Waals surface area (Å²) in [5.74, 6) is 1.47. The minimum Gasteiger partial charge on any atom is -0.354 e. The summed E-state index contributed by atoms with van der Waals surface area (Å²) in [6.45, 7) is 3.36. The van der Waals surface area contributed by atoms with Gasteiger partial charge in [-0.05, 0) is 37.5 Å². The molecule has 2 N–H and O–H groups in total. The van der Waals surface area contributed by atoms with E-state index in [0.717, 1.165) is 51.3 Å². The first-order valence-electron chi connectivity index (χ1n) is 9.00. The van der Waals surface area contributed by atoms with Crippen molar-refractivity contribution < 1.29 is 4.79 Å². The zero-order valence-corrected chi connectivity index (χ0v) is 14.3. The molecule has 7 nitrogen and oxygen atoms in total. The van der Waals surface area contributed by atoms with Crippen molar-refractivity contribution in [1.82, 2.24) is 25.4 Å². The van der Waals surface area contributed by atoms with Crippen molar-refractivity contribution >= 4 is 11.8 Å². The zero-order valence-electron chi connectivity index (χ0n) is 14.3. The molecule has 2 amide bonds. The van der Waals surface area contributed by atoms with Crippen LogP contribution >= 0.6 is 0 Å². The number of nitrogens with zero attached hydrogens (tertiary/aromatic N) is 4. The Kier molecular flexibility index (Phi) is 4.54. The van der Waals surface area contributed by atoms with E-state index < -0.39 is 0 Å². The van der Waals surface area contributed by atoms with Gasteiger partial charge >= 0.3 is 6.03 Å². The van der Waals surface area contributed by atoms with Gasteiger partial charge in [0.15, 0.2) is 0 Å². The highest BCUT2D eigenvalue weighted by atomic mass is 16.2. The molecule has 1 atom stereocenters. The molecular weight excluding hydrogens is 316 g/mol. The van der Waals surface area contributed by atoms with E-state index in [1.807, 2.05) is 35.4 Å². The van der Waals surface area contributed by atoms with Crippen LogP contribution in [-0.2, 0) is 0 Å². The van der Waals surface area contributed by atoms with Crippen LogP contribution in [0.25, 0.3) is 0 Å². The maximum atomic E-state index is 12.6. The second-order valence-corrected chi connectivity index (χ2v) is 6.84. The molecule has 7 heteroatoms. The average molecular weight is 340 g/mol. The molecule has 132 valence electrons. The minimum absolute atomic E-state index is 0.0657. The normalized spacial score (nSPS) is 21.5. The lowest BCUT2D eigenvalue weighted by atomic mass is 9.94. The number of likely N-dealkylation sites (tertiary alicyclic amines) is 1. The molecule has 2 saturated heterocycles. The second-order valence-electron chi connectivity index (χ2n) is 6.84. The number of H-pyrrole nitrogens is 1. The van der Waals surface area contributed by atoms with E-state index in [9.17, 15) is 4.79 Å². The Labute approximate surface area is 147 Å². The van der Waals surface area contributed by atoms with Crippen LogP contribution in [0, 0.1) is 0 Å². The average Bonchev–Trinajstić information content (AvgIpc) is 3.35. The number of urea groups is 1. The molecule has 0 aliphatic carbocycles. The van der Waals surface area contributed by atoms with Crippen LogP contribution in [0.1, 0.15) is 30.9 Å². The predicted molar refractivity (Wildman–Crippen MR) is 95.5 cm³/mol. The van der Waals surface area contributed by atoms with E-state index in [-0.39, 0.29) is 12.1 Å². The molecular formula is C18H24N6O. The Morgan fingerprint density at radius 2 is 2.00 bits per heavy atom. The maximum Gasteiger partial charge on any atom is 0.317 e. The monoisotopic (exact) mass is 340 g/mol. The summed E-state index contributed by atoms with van der Waals surface area (Å²) in [6.07, 6.45) is 6.54. The van der Waals surface area contributed by atoms with Crippen molar-refractivity contribution in [1.29, 1.82) is 0 Å². The highest BCUT2D eigenvalue weighted by Gasteiger charge is 2.29. The quantitative estimate of drug-likeness (QED) is 0.896. The van der Waals surface area contributed by atoms with Crippen molar-refractivity contribution in [3.05, 3.63) is 42.4 Å². The molecule has 4 heterocycles. The number of aromatic amines is 1. The van der Waals surface area contributed by atoms with Gasteiger partial charge in [0.25, 0.3) is 0 Å². The van der Waals surface area contributed by atoms with Crippen LogP contribution in [0.15, 0.2) is 36.7 Å². The largest absolute Gasteiger partial charge is 0.354 e. The second kappa shape index (κ2) is 7.13. The highest BCUT2D eigenvalue weighted by Crippen LogP contribution is 2.26. The van der Waals surface area contributed by atoms with E-state index in [1.165, 1.54) is 5.69 Å². The number of nitrogens with one attached hydrogen (secondary N) is 2. The first-order valence-corrected chi connectivity index (χ1v) is 9.00. The van der Waals surface area contributed by atoms with Crippen molar-refractivity contribution in [3.8, 4) is 0 Å². The predicted octanol–water partition coefficient (Wildman–Crippen LogP) is 1.97. The third-order valence-electron chi connectivity index (χ3n) is 5.23. The summed E-state index contributed by atoms with van der Waals surface area (Å²) in [7, 11) is 0. The van der Waals surface area contributed by atoms with Crippen LogP contribution in [0.4, 0.5) is 10.6 Å². The summed E-state index contributed by atoms with van der Waals surface area (Å²) in [5, 5.41) is 10.3. The van der Waals surface area contributed by atoms with Crippen LogP contribution in [0.3, 0.4) is 0 Å². The fourth-order valence-corrected chi connectivity index (χ4v) is 3.78. The van der Waals surface area contributed by atoms with E-state index in [2.05, 4.69) is 25.4 Å². The third-order valence-corrected chi connectivity index (χ3v) is 5.23. The summed E-state index contributed by atoms with van der Waals surface area (Å²) in [4.78, 5) is 21.1. The minimum atomic E-state index is 0.0657. The van der Waals surface area contributed by atoms with Gasteiger partial charge in [-0.3, -0.25) is 5.10 Å². The maximum absolute atomic E-state index is 12.6. The lowest BCUT2D eigenvalue weighted by molar-refractivity contribution is 0.178. The molecule has 1 unspecified atom stereocenters. The number of anilines is 1. The Balaban J connectivity index is 1.26. The number of piperidine rings is 1. The van der Waals surface area contributed by atoms with Crippen molar-refractivity contribution in [2.45, 2.75) is 31.2 Å². The molecule has 0 radical (unpaired) electrons. The Bertz CT molecular complexity index is 681. The number of amides is 2. The van der Waals surface area contributed by atoms with E-state index in [4.69, 9.17) is 0 Å². The number of rotatable bonds is 3. The first-order chi connectivity index (χ1) is 12.3. The van der Waals surface area contributed by atoms with Gasteiger partial charge in [0.2, 0.25) is 0 Å². The first kappa shape index (κ1) is 15.9. The van der Waals surface area contributed by atoms with Gasteiger partial charge in [0.1, 0.15) is 5.82 Å². The molecule has 0 spiro atoms. The SMILES string of the molecule is O=C(NC1CCN(c2ccccn2)C1)N1CCC(c2ccn[nH]2)CC1. The standard InChI is InChI=1S/C18H24N6O/c25-18(23-10-5-14(6-11-23)16-4-9-20-22-16)21-15-7-12-24(13-15)17-3-1-2-8-19-17/h1-4,8-9,14-15H,5-7,10-13H2,(H,20,22)(H,21,25). The van der Waals surface area contributed by atoms with E-state index in [1.54, 1.807) is 6.20 Å². The molecule has 0 bridgehead atoms. The molecule has 0 aromatic carbocycles. The molecule has 2 aliphatic heterocycles. The van der Waals surface area contributed by atoms with Gasteiger partial charge < -0.3 is 15.1 Å². The van der Waals surface area contributed by atoms with Gasteiger partial charge in [-0.2, -0.15) is 5.10 Å². The van der Waals surface area contributed by atoms with Gasteiger partial charge in [-0.15, -0.1) is 0 Å². The number of aromatic nitrogens is 3. The smallest absolute Gasteiger partial charge is 0.317 e. The van der Waals surface area contributed by atoms with E-state index in [0.29, 0.717) is 5.92 Å². The zero-order chi connectivity index (χ0) is 17.1. The molecule has 2 fully saturated rings. The van der Waals surface area contributed by atoms with Crippen LogP contribution in [0.5, 0.6) is 0 Å². The fourth-order valence-electron chi connectivity index (χ4n) is 3.78. The highest BCUT2D eigenvalue weighted by molar-refractivity contribution is 5.74. The van der Waals surface area contributed by atoms with Crippen molar-refractivity contribution in [3.63, 3.8) is 0 Å². The number of hydrogen-bond donors (Lipinski definition) is 2. The van der Waals surface area contributed by atoms with Gasteiger partial charge in [0.05, 0.1) is 0 Å². The Morgan fingerprint density at radius 1 is 1.12 bits per heavy atom.